The summed E-state index contributed by atoms with van der Waals surface area (Å²) in [5, 5.41) is 3.39. The van der Waals surface area contributed by atoms with Crippen LogP contribution in [0.2, 0.25) is 0 Å². The largest absolute Gasteiger partial charge is 0.373 e. The molecule has 2 heteroatoms. The predicted molar refractivity (Wildman–Crippen MR) is 58.4 cm³/mol. The second-order valence-corrected chi connectivity index (χ2v) is 6.03. The molecule has 1 aliphatic heterocycles. The molecule has 1 heterocycles. The van der Waals surface area contributed by atoms with Gasteiger partial charge in [-0.3, -0.25) is 0 Å². The summed E-state index contributed by atoms with van der Waals surface area (Å²) in [5.41, 5.74) is 0.699. The molecule has 82 valence electrons. The molecule has 0 bridgehead atoms. The molecule has 0 amide bonds. The van der Waals surface area contributed by atoms with Gasteiger partial charge >= 0.3 is 0 Å². The Kier molecular flexibility index (Phi) is 2.61. The van der Waals surface area contributed by atoms with Crippen molar-refractivity contribution in [1.82, 2.24) is 5.32 Å². The zero-order valence-electron chi connectivity index (χ0n) is 9.73. The topological polar surface area (TPSA) is 21.3 Å². The van der Waals surface area contributed by atoms with Crippen molar-refractivity contribution >= 4 is 0 Å². The second-order valence-electron chi connectivity index (χ2n) is 6.03. The van der Waals surface area contributed by atoms with Crippen molar-refractivity contribution < 1.29 is 4.74 Å². The number of nitrogens with one attached hydrogen (secondary N) is 1. The molecule has 1 aliphatic carbocycles. The van der Waals surface area contributed by atoms with Crippen LogP contribution < -0.4 is 5.32 Å². The minimum atomic E-state index is 0.0348. The Bertz CT molecular complexity index is 193. The first-order valence-electron chi connectivity index (χ1n) is 5.88. The Labute approximate surface area is 87.4 Å². The highest BCUT2D eigenvalue weighted by Gasteiger charge is 2.40. The highest BCUT2D eigenvalue weighted by molar-refractivity contribution is 4.96. The zero-order chi connectivity index (χ0) is 10.2. The molecule has 2 aliphatic rings. The van der Waals surface area contributed by atoms with Gasteiger partial charge in [-0.25, -0.2) is 0 Å². The molecule has 0 aromatic heterocycles. The Hall–Kier alpha value is -0.0800. The Morgan fingerprint density at radius 2 is 1.71 bits per heavy atom. The first kappa shape index (κ1) is 10.4. The maximum atomic E-state index is 6.02. The molecule has 1 saturated heterocycles. The molecule has 14 heavy (non-hydrogen) atoms. The number of hydrogen-bond donors (Lipinski definition) is 1. The summed E-state index contributed by atoms with van der Waals surface area (Å²) < 4.78 is 6.02. The van der Waals surface area contributed by atoms with Crippen molar-refractivity contribution in [2.24, 2.45) is 5.41 Å². The van der Waals surface area contributed by atoms with Crippen molar-refractivity contribution in [1.29, 1.82) is 0 Å². The van der Waals surface area contributed by atoms with Gasteiger partial charge in [-0.1, -0.05) is 0 Å². The molecule has 2 rings (SSSR count). The van der Waals surface area contributed by atoms with Crippen LogP contribution in [0.3, 0.4) is 0 Å². The minimum absolute atomic E-state index is 0.0348. The molecule has 2 fully saturated rings. The lowest BCUT2D eigenvalue weighted by Crippen LogP contribution is -2.55. The smallest absolute Gasteiger partial charge is 0.0602 e. The van der Waals surface area contributed by atoms with Crippen LogP contribution >= 0.6 is 0 Å². The third kappa shape index (κ3) is 2.29. The predicted octanol–water partition coefficient (Wildman–Crippen LogP) is 2.33. The fraction of sp³-hybridized carbons (Fsp3) is 1.00. The Balaban J connectivity index is 1.78. The summed E-state index contributed by atoms with van der Waals surface area (Å²) in [6.45, 7) is 8.96. The van der Waals surface area contributed by atoms with Crippen molar-refractivity contribution in [3.05, 3.63) is 0 Å². The van der Waals surface area contributed by atoms with Gasteiger partial charge in [0.2, 0.25) is 0 Å². The van der Waals surface area contributed by atoms with E-state index in [0.717, 1.165) is 0 Å². The fourth-order valence-electron chi connectivity index (χ4n) is 2.65. The third-order valence-corrected chi connectivity index (χ3v) is 3.51. The van der Waals surface area contributed by atoms with Gasteiger partial charge in [0.05, 0.1) is 11.7 Å². The van der Waals surface area contributed by atoms with E-state index in [0.29, 0.717) is 11.5 Å². The zero-order valence-corrected chi connectivity index (χ0v) is 9.73. The van der Waals surface area contributed by atoms with Crippen molar-refractivity contribution in [2.75, 3.05) is 13.1 Å². The van der Waals surface area contributed by atoms with Crippen molar-refractivity contribution in [3.63, 3.8) is 0 Å². The van der Waals surface area contributed by atoms with Crippen molar-refractivity contribution in [2.45, 2.75) is 58.2 Å². The van der Waals surface area contributed by atoms with Crippen LogP contribution in [-0.2, 0) is 4.74 Å². The average molecular weight is 197 g/mol. The standard InChI is InChI=1S/C12H23NO/c1-11(2,3)14-10-4-6-12(7-5-10)8-13-9-12/h10,13H,4-9H2,1-3H3. The van der Waals surface area contributed by atoms with Gasteiger partial charge in [0, 0.05) is 13.1 Å². The molecule has 1 spiro atoms. The lowest BCUT2D eigenvalue weighted by molar-refractivity contribution is -0.0931. The van der Waals surface area contributed by atoms with Gasteiger partial charge in [0.1, 0.15) is 0 Å². The number of ether oxygens (including phenoxy) is 1. The third-order valence-electron chi connectivity index (χ3n) is 3.51. The highest BCUT2D eigenvalue weighted by Crippen LogP contribution is 2.40. The van der Waals surface area contributed by atoms with E-state index in [-0.39, 0.29) is 5.60 Å². The Morgan fingerprint density at radius 1 is 1.14 bits per heavy atom. The molecule has 0 aromatic rings. The monoisotopic (exact) mass is 197 g/mol. The number of hydrogen-bond acceptors (Lipinski definition) is 2. The molecule has 0 unspecified atom stereocenters. The van der Waals surface area contributed by atoms with Crippen LogP contribution in [0.1, 0.15) is 46.5 Å². The van der Waals surface area contributed by atoms with E-state index in [1.54, 1.807) is 0 Å². The highest BCUT2D eigenvalue weighted by atomic mass is 16.5. The first-order valence-corrected chi connectivity index (χ1v) is 5.88. The van der Waals surface area contributed by atoms with Crippen LogP contribution in [0.4, 0.5) is 0 Å². The van der Waals surface area contributed by atoms with E-state index in [9.17, 15) is 0 Å². The van der Waals surface area contributed by atoms with Gasteiger partial charge in [0.25, 0.3) is 0 Å². The molecule has 0 radical (unpaired) electrons. The molecule has 1 N–H and O–H groups in total. The second kappa shape index (κ2) is 3.49. The van der Waals surface area contributed by atoms with E-state index >= 15 is 0 Å². The Morgan fingerprint density at radius 3 is 2.07 bits per heavy atom. The molecule has 1 saturated carbocycles. The summed E-state index contributed by atoms with van der Waals surface area (Å²) in [4.78, 5) is 0. The normalized spacial score (nSPS) is 27.6. The molecule has 2 nitrogen and oxygen atoms in total. The van der Waals surface area contributed by atoms with Crippen LogP contribution in [0.5, 0.6) is 0 Å². The summed E-state index contributed by atoms with van der Waals surface area (Å²) in [6, 6.07) is 0. The lowest BCUT2D eigenvalue weighted by Gasteiger charge is -2.48. The van der Waals surface area contributed by atoms with E-state index in [2.05, 4.69) is 26.1 Å². The van der Waals surface area contributed by atoms with Gasteiger partial charge < -0.3 is 10.1 Å². The fourth-order valence-corrected chi connectivity index (χ4v) is 2.65. The van der Waals surface area contributed by atoms with Crippen LogP contribution in [0.25, 0.3) is 0 Å². The van der Waals surface area contributed by atoms with Gasteiger partial charge in [-0.15, -0.1) is 0 Å². The molecular formula is C12H23NO. The number of rotatable bonds is 1. The van der Waals surface area contributed by atoms with E-state index < -0.39 is 0 Å². The SMILES string of the molecule is CC(C)(C)OC1CCC2(CC1)CNC2. The van der Waals surface area contributed by atoms with Gasteiger partial charge in [-0.05, 0) is 51.9 Å². The minimum Gasteiger partial charge on any atom is -0.373 e. The summed E-state index contributed by atoms with van der Waals surface area (Å²) in [7, 11) is 0. The van der Waals surface area contributed by atoms with Gasteiger partial charge in [-0.2, -0.15) is 0 Å². The maximum Gasteiger partial charge on any atom is 0.0602 e. The molecular weight excluding hydrogens is 174 g/mol. The van der Waals surface area contributed by atoms with E-state index in [4.69, 9.17) is 4.74 Å². The quantitative estimate of drug-likeness (QED) is 0.696. The first-order chi connectivity index (χ1) is 6.49. The average Bonchev–Trinajstić information content (AvgIpc) is 2.00. The van der Waals surface area contributed by atoms with Crippen LogP contribution in [0, 0.1) is 5.41 Å². The van der Waals surface area contributed by atoms with Gasteiger partial charge in [0.15, 0.2) is 0 Å². The summed E-state index contributed by atoms with van der Waals surface area (Å²) in [5.74, 6) is 0. The van der Waals surface area contributed by atoms with Crippen molar-refractivity contribution in [3.8, 4) is 0 Å². The molecule has 0 atom stereocenters. The summed E-state index contributed by atoms with van der Waals surface area (Å²) >= 11 is 0. The van der Waals surface area contributed by atoms with Crippen LogP contribution in [0.15, 0.2) is 0 Å². The summed E-state index contributed by atoms with van der Waals surface area (Å²) in [6.07, 6.45) is 5.76. The maximum absolute atomic E-state index is 6.02. The van der Waals surface area contributed by atoms with E-state index in [1.807, 2.05) is 0 Å². The van der Waals surface area contributed by atoms with E-state index in [1.165, 1.54) is 38.8 Å². The lowest BCUT2D eigenvalue weighted by atomic mass is 9.69. The molecule has 0 aromatic carbocycles. The van der Waals surface area contributed by atoms with Crippen LogP contribution in [-0.4, -0.2) is 24.8 Å².